The van der Waals surface area contributed by atoms with Gasteiger partial charge in [0.1, 0.15) is 23.4 Å². The number of nitrogens with zero attached hydrogens (tertiary/aromatic N) is 2. The number of rotatable bonds is 8. The molecule has 32 heavy (non-hydrogen) atoms. The summed E-state index contributed by atoms with van der Waals surface area (Å²) in [7, 11) is -2.71. The van der Waals surface area contributed by atoms with Gasteiger partial charge in [0.15, 0.2) is 0 Å². The van der Waals surface area contributed by atoms with E-state index in [0.717, 1.165) is 9.87 Å². The Kier molecular flexibility index (Phi) is 7.20. The zero-order valence-corrected chi connectivity index (χ0v) is 18.0. The second-order valence-electron chi connectivity index (χ2n) is 6.85. The molecule has 0 aromatic heterocycles. The number of likely N-dealkylation sites (N-methyl/N-ethyl adjacent to an activating group) is 1. The molecule has 164 valence electrons. The summed E-state index contributed by atoms with van der Waals surface area (Å²) in [6.07, 6.45) is 0. The summed E-state index contributed by atoms with van der Waals surface area (Å²) in [6.45, 7) is -0.202. The van der Waals surface area contributed by atoms with Crippen molar-refractivity contribution in [3.05, 3.63) is 89.7 Å². The molecule has 0 saturated carbocycles. The van der Waals surface area contributed by atoms with Gasteiger partial charge in [0, 0.05) is 13.6 Å². The molecule has 7 nitrogen and oxygen atoms in total. The first-order chi connectivity index (χ1) is 15.3. The third-order valence-electron chi connectivity index (χ3n) is 4.52. The minimum absolute atomic E-state index is 0.0164. The summed E-state index contributed by atoms with van der Waals surface area (Å²) < 4.78 is 44.8. The van der Waals surface area contributed by atoms with Gasteiger partial charge in [-0.15, -0.1) is 0 Å². The van der Waals surface area contributed by atoms with Crippen LogP contribution in [0.3, 0.4) is 0 Å². The van der Waals surface area contributed by atoms with Crippen molar-refractivity contribution in [3.63, 3.8) is 0 Å². The van der Waals surface area contributed by atoms with Crippen molar-refractivity contribution < 1.29 is 22.3 Å². The average molecular weight is 453 g/mol. The van der Waals surface area contributed by atoms with Crippen LogP contribution in [0.1, 0.15) is 11.1 Å². The van der Waals surface area contributed by atoms with Gasteiger partial charge in [-0.1, -0.05) is 24.3 Å². The highest BCUT2D eigenvalue weighted by Crippen LogP contribution is 2.22. The summed E-state index contributed by atoms with van der Waals surface area (Å²) in [5.41, 5.74) is 0.799. The monoisotopic (exact) mass is 453 g/mol. The van der Waals surface area contributed by atoms with Crippen LogP contribution < -0.4 is 10.1 Å². The lowest BCUT2D eigenvalue weighted by atomic mass is 10.2. The zero-order valence-electron chi connectivity index (χ0n) is 17.2. The van der Waals surface area contributed by atoms with E-state index < -0.39 is 22.5 Å². The number of benzene rings is 3. The lowest BCUT2D eigenvalue weighted by molar-refractivity contribution is -0.121. The first kappa shape index (κ1) is 22.9. The van der Waals surface area contributed by atoms with Crippen LogP contribution in [0, 0.1) is 17.1 Å². The number of halogens is 1. The number of sulfonamides is 1. The van der Waals surface area contributed by atoms with Crippen LogP contribution in [0.4, 0.5) is 4.39 Å². The summed E-state index contributed by atoms with van der Waals surface area (Å²) >= 11 is 0. The van der Waals surface area contributed by atoms with Crippen molar-refractivity contribution in [1.29, 1.82) is 5.26 Å². The fourth-order valence-electron chi connectivity index (χ4n) is 2.81. The lowest BCUT2D eigenvalue weighted by Gasteiger charge is -2.17. The maximum atomic E-state index is 13.0. The molecule has 0 saturated heterocycles. The summed E-state index contributed by atoms with van der Waals surface area (Å²) in [4.78, 5) is 12.1. The molecule has 9 heteroatoms. The molecule has 0 aliphatic heterocycles. The minimum Gasteiger partial charge on any atom is -0.457 e. The molecule has 1 amide bonds. The van der Waals surface area contributed by atoms with Crippen molar-refractivity contribution in [1.82, 2.24) is 9.62 Å². The van der Waals surface area contributed by atoms with Gasteiger partial charge in [-0.3, -0.25) is 4.79 Å². The molecule has 0 atom stereocenters. The number of nitriles is 1. The van der Waals surface area contributed by atoms with E-state index in [-0.39, 0.29) is 22.8 Å². The van der Waals surface area contributed by atoms with E-state index in [9.17, 15) is 17.6 Å². The highest BCUT2D eigenvalue weighted by atomic mass is 32.2. The number of hydrogen-bond donors (Lipinski definition) is 1. The van der Waals surface area contributed by atoms with E-state index in [2.05, 4.69) is 5.32 Å². The van der Waals surface area contributed by atoms with Gasteiger partial charge >= 0.3 is 0 Å². The van der Waals surface area contributed by atoms with Crippen molar-refractivity contribution >= 4 is 15.9 Å². The molecule has 0 spiro atoms. The Morgan fingerprint density at radius 1 is 1.03 bits per heavy atom. The molecule has 1 N–H and O–H groups in total. The molecule has 3 aromatic rings. The van der Waals surface area contributed by atoms with Crippen LogP contribution in [0.25, 0.3) is 0 Å². The number of nitrogens with one attached hydrogen (secondary N) is 1. The SMILES string of the molecule is CN(CC(=O)NCc1ccc(Oc2ccc(F)cc2)cc1)S(=O)(=O)c1ccccc1C#N. The van der Waals surface area contributed by atoms with Gasteiger partial charge in [0.2, 0.25) is 15.9 Å². The van der Waals surface area contributed by atoms with Gasteiger partial charge in [-0.05, 0) is 54.1 Å². The zero-order chi connectivity index (χ0) is 23.1. The molecule has 3 aromatic carbocycles. The third kappa shape index (κ3) is 5.69. The minimum atomic E-state index is -3.99. The van der Waals surface area contributed by atoms with Gasteiger partial charge in [-0.2, -0.15) is 9.57 Å². The average Bonchev–Trinajstić information content (AvgIpc) is 2.80. The second-order valence-corrected chi connectivity index (χ2v) is 8.86. The van der Waals surface area contributed by atoms with Crippen molar-refractivity contribution in [3.8, 4) is 17.6 Å². The summed E-state index contributed by atoms with van der Waals surface area (Å²) in [5, 5.41) is 11.8. The van der Waals surface area contributed by atoms with Crippen molar-refractivity contribution in [2.24, 2.45) is 0 Å². The molecule has 0 heterocycles. The Morgan fingerprint density at radius 3 is 2.25 bits per heavy atom. The van der Waals surface area contributed by atoms with Gasteiger partial charge in [0.05, 0.1) is 17.0 Å². The van der Waals surface area contributed by atoms with Gasteiger partial charge < -0.3 is 10.1 Å². The summed E-state index contributed by atoms with van der Waals surface area (Å²) in [5.74, 6) is 0.205. The molecule has 0 unspecified atom stereocenters. The van der Waals surface area contributed by atoms with Crippen LogP contribution in [-0.2, 0) is 21.4 Å². The molecule has 0 aliphatic carbocycles. The van der Waals surface area contributed by atoms with Crippen molar-refractivity contribution in [2.75, 3.05) is 13.6 Å². The predicted octanol–water partition coefficient (Wildman–Crippen LogP) is 3.43. The number of ether oxygens (including phenoxy) is 1. The standard InChI is InChI=1S/C23H20FN3O4S/c1-27(32(29,30)22-5-3-2-4-18(22)14-25)16-23(28)26-15-17-6-10-20(11-7-17)31-21-12-8-19(24)9-13-21/h2-13H,15-16H2,1H3,(H,26,28). The molecule has 0 bridgehead atoms. The van der Waals surface area contributed by atoms with E-state index in [1.165, 1.54) is 49.5 Å². The first-order valence-electron chi connectivity index (χ1n) is 9.54. The Bertz CT molecular complexity index is 1240. The van der Waals surface area contributed by atoms with Gasteiger partial charge in [0.25, 0.3) is 0 Å². The predicted molar refractivity (Wildman–Crippen MR) is 116 cm³/mol. The number of amides is 1. The molecular formula is C23H20FN3O4S. The molecule has 0 fully saturated rings. The molecule has 0 aliphatic rings. The van der Waals surface area contributed by atoms with Crippen LogP contribution in [0.5, 0.6) is 11.5 Å². The number of hydrogen-bond acceptors (Lipinski definition) is 5. The molecular weight excluding hydrogens is 433 g/mol. The third-order valence-corrected chi connectivity index (χ3v) is 6.39. The lowest BCUT2D eigenvalue weighted by Crippen LogP contribution is -2.38. The fraction of sp³-hybridized carbons (Fsp3) is 0.130. The van der Waals surface area contributed by atoms with Crippen LogP contribution >= 0.6 is 0 Å². The van der Waals surface area contributed by atoms with E-state index in [4.69, 9.17) is 10.00 Å². The van der Waals surface area contributed by atoms with Crippen LogP contribution in [0.15, 0.2) is 77.7 Å². The maximum absolute atomic E-state index is 13.0. The van der Waals surface area contributed by atoms with E-state index in [0.29, 0.717) is 11.5 Å². The van der Waals surface area contributed by atoms with Crippen LogP contribution in [-0.4, -0.2) is 32.2 Å². The van der Waals surface area contributed by atoms with Crippen molar-refractivity contribution in [2.45, 2.75) is 11.4 Å². The number of carbonyl (C=O) groups excluding carboxylic acids is 1. The topological polar surface area (TPSA) is 99.5 Å². The Morgan fingerprint density at radius 2 is 1.62 bits per heavy atom. The van der Waals surface area contributed by atoms with E-state index >= 15 is 0 Å². The van der Waals surface area contributed by atoms with E-state index in [1.54, 1.807) is 30.3 Å². The Hall–Kier alpha value is -3.74. The fourth-order valence-corrected chi connectivity index (χ4v) is 4.07. The quantitative estimate of drug-likeness (QED) is 0.563. The highest BCUT2D eigenvalue weighted by molar-refractivity contribution is 7.89. The molecule has 0 radical (unpaired) electrons. The summed E-state index contributed by atoms with van der Waals surface area (Å²) in [6, 6.07) is 20.2. The van der Waals surface area contributed by atoms with Crippen LogP contribution in [0.2, 0.25) is 0 Å². The normalized spacial score (nSPS) is 11.1. The second kappa shape index (κ2) is 10.0. The number of carbonyl (C=O) groups is 1. The Balaban J connectivity index is 1.55. The molecule has 3 rings (SSSR count). The van der Waals surface area contributed by atoms with E-state index in [1.807, 2.05) is 6.07 Å². The smallest absolute Gasteiger partial charge is 0.244 e. The largest absolute Gasteiger partial charge is 0.457 e. The highest BCUT2D eigenvalue weighted by Gasteiger charge is 2.25. The first-order valence-corrected chi connectivity index (χ1v) is 11.0. The van der Waals surface area contributed by atoms with Gasteiger partial charge in [-0.25, -0.2) is 12.8 Å². The Labute approximate surface area is 185 Å². The maximum Gasteiger partial charge on any atom is 0.244 e.